The lowest BCUT2D eigenvalue weighted by molar-refractivity contribution is -0.137. The molecule has 1 N–H and O–H groups in total. The molecule has 2 fully saturated rings. The van der Waals surface area contributed by atoms with E-state index in [0.29, 0.717) is 41.0 Å². The van der Waals surface area contributed by atoms with Crippen LogP contribution in [0.3, 0.4) is 0 Å². The van der Waals surface area contributed by atoms with Crippen LogP contribution in [-0.4, -0.2) is 70.1 Å². The monoisotopic (exact) mass is 563 g/mol. The fraction of sp³-hybridized carbons (Fsp3) is 0.310. The number of pyridine rings is 1. The van der Waals surface area contributed by atoms with Crippen molar-refractivity contribution in [1.29, 1.82) is 0 Å². The number of carbonyl (C=O) groups is 1. The van der Waals surface area contributed by atoms with Crippen LogP contribution in [0.1, 0.15) is 27.9 Å². The van der Waals surface area contributed by atoms with Crippen LogP contribution >= 0.6 is 0 Å². The van der Waals surface area contributed by atoms with Crippen LogP contribution in [0.5, 0.6) is 5.75 Å². The number of likely N-dealkylation sites (tertiary alicyclic amines) is 1. The second-order valence-corrected chi connectivity index (χ2v) is 10.5. The van der Waals surface area contributed by atoms with Crippen molar-refractivity contribution in [3.05, 3.63) is 77.7 Å². The molecule has 0 radical (unpaired) electrons. The second-order valence-electron chi connectivity index (χ2n) is 10.5. The molecule has 0 saturated carbocycles. The highest BCUT2D eigenvalue weighted by molar-refractivity contribution is 6.05. The van der Waals surface area contributed by atoms with Gasteiger partial charge in [-0.2, -0.15) is 13.2 Å². The number of hydrogen-bond donors (Lipinski definition) is 1. The van der Waals surface area contributed by atoms with Crippen LogP contribution in [0.15, 0.2) is 61.1 Å². The van der Waals surface area contributed by atoms with Gasteiger partial charge in [0.1, 0.15) is 11.4 Å². The van der Waals surface area contributed by atoms with Gasteiger partial charge in [-0.25, -0.2) is 4.68 Å². The molecule has 2 aliphatic heterocycles. The first-order valence-corrected chi connectivity index (χ1v) is 13.1. The number of rotatable bonds is 6. The quantitative estimate of drug-likeness (QED) is 0.360. The molecule has 0 aliphatic carbocycles. The summed E-state index contributed by atoms with van der Waals surface area (Å²) in [5, 5.41) is 11.1. The Kier molecular flexibility index (Phi) is 6.65. The van der Waals surface area contributed by atoms with Crippen LogP contribution in [-0.2, 0) is 6.18 Å². The first-order valence-electron chi connectivity index (χ1n) is 13.1. The highest BCUT2D eigenvalue weighted by atomic mass is 19.4. The summed E-state index contributed by atoms with van der Waals surface area (Å²) in [7, 11) is 3.58. The number of halogens is 3. The molecule has 6 rings (SSSR count). The molecule has 2 aromatic carbocycles. The normalized spacial score (nSPS) is 18.6. The zero-order chi connectivity index (χ0) is 28.9. The summed E-state index contributed by atoms with van der Waals surface area (Å²) in [4.78, 5) is 21.7. The number of ether oxygens (including phenoxy) is 1. The number of nitrogens with zero attached hydrogens (tertiary/aromatic N) is 6. The number of amides is 1. The minimum atomic E-state index is -4.55. The van der Waals surface area contributed by atoms with Gasteiger partial charge in [-0.15, -0.1) is 5.10 Å². The van der Waals surface area contributed by atoms with E-state index in [0.717, 1.165) is 24.6 Å². The topological polar surface area (TPSA) is 88.4 Å². The standard InChI is InChI=1S/C29H28F3N7O2/c1-17-4-5-18(7-27(17)39-16-26(35-36-39)19-6-25(41-3)13-33-12-19)28(40)34-21-8-20(29(30,31)32)9-22(10-21)38-15-23-11-24(38)14-37(23)2/h4-10,12-13,16,23-24H,11,14-15H2,1-3H3,(H,34,40). The summed E-state index contributed by atoms with van der Waals surface area (Å²) >= 11 is 0. The van der Waals surface area contributed by atoms with E-state index in [-0.39, 0.29) is 17.3 Å². The van der Waals surface area contributed by atoms with Crippen molar-refractivity contribution >= 4 is 17.3 Å². The molecule has 1 amide bonds. The van der Waals surface area contributed by atoms with Crippen molar-refractivity contribution in [3.8, 4) is 22.7 Å². The number of fused-ring (bicyclic) bond motifs is 2. The van der Waals surface area contributed by atoms with Gasteiger partial charge in [0.05, 0.1) is 30.8 Å². The van der Waals surface area contributed by atoms with Gasteiger partial charge >= 0.3 is 6.18 Å². The molecular formula is C29H28F3N7O2. The third-order valence-electron chi connectivity index (χ3n) is 7.81. The molecule has 4 aromatic rings. The Hall–Kier alpha value is -4.45. The van der Waals surface area contributed by atoms with E-state index in [2.05, 4.69) is 25.5 Å². The van der Waals surface area contributed by atoms with Gasteiger partial charge in [0.2, 0.25) is 0 Å². The predicted molar refractivity (Wildman–Crippen MR) is 147 cm³/mol. The Balaban J connectivity index is 1.27. The molecule has 2 bridgehead atoms. The van der Waals surface area contributed by atoms with Crippen molar-refractivity contribution in [2.24, 2.45) is 0 Å². The van der Waals surface area contributed by atoms with Crippen LogP contribution < -0.4 is 15.0 Å². The first-order chi connectivity index (χ1) is 19.6. The van der Waals surface area contributed by atoms with E-state index in [9.17, 15) is 18.0 Å². The largest absolute Gasteiger partial charge is 0.495 e. The molecule has 2 unspecified atom stereocenters. The Morgan fingerprint density at radius 1 is 1.07 bits per heavy atom. The maximum Gasteiger partial charge on any atom is 0.416 e. The highest BCUT2D eigenvalue weighted by Gasteiger charge is 2.42. The number of hydrogen-bond acceptors (Lipinski definition) is 7. The SMILES string of the molecule is COc1cncc(-c2cn(-c3cc(C(=O)Nc4cc(N5CC6CC5CN6C)cc(C(F)(F)F)c4)ccc3C)nn2)c1. The maximum atomic E-state index is 13.8. The number of benzene rings is 2. The van der Waals surface area contributed by atoms with E-state index < -0.39 is 17.6 Å². The van der Waals surface area contributed by atoms with E-state index in [4.69, 9.17) is 4.74 Å². The lowest BCUT2D eigenvalue weighted by Gasteiger charge is -2.34. The van der Waals surface area contributed by atoms with Gasteiger partial charge in [0.25, 0.3) is 5.91 Å². The second kappa shape index (κ2) is 10.2. The van der Waals surface area contributed by atoms with E-state index in [1.54, 1.807) is 60.7 Å². The fourth-order valence-corrected chi connectivity index (χ4v) is 5.58. The van der Waals surface area contributed by atoms with E-state index in [1.165, 1.54) is 6.07 Å². The summed E-state index contributed by atoms with van der Waals surface area (Å²) in [6.07, 6.45) is 1.30. The molecular weight excluding hydrogens is 535 g/mol. The van der Waals surface area contributed by atoms with Crippen LogP contribution in [0.2, 0.25) is 0 Å². The summed E-state index contributed by atoms with van der Waals surface area (Å²) < 4.78 is 48.3. The summed E-state index contributed by atoms with van der Waals surface area (Å²) in [6, 6.07) is 11.0. The van der Waals surface area contributed by atoms with Crippen molar-refractivity contribution in [2.75, 3.05) is 37.5 Å². The lowest BCUT2D eigenvalue weighted by atomic mass is 10.1. The minimum Gasteiger partial charge on any atom is -0.495 e. The molecule has 212 valence electrons. The van der Waals surface area contributed by atoms with E-state index >= 15 is 0 Å². The number of piperazine rings is 1. The van der Waals surface area contributed by atoms with Crippen LogP contribution in [0.4, 0.5) is 24.5 Å². The van der Waals surface area contributed by atoms with Crippen molar-refractivity contribution in [2.45, 2.75) is 31.6 Å². The number of alkyl halides is 3. The van der Waals surface area contributed by atoms with Gasteiger partial charge in [-0.05, 0) is 62.4 Å². The van der Waals surface area contributed by atoms with Crippen LogP contribution in [0, 0.1) is 6.92 Å². The maximum absolute atomic E-state index is 13.8. The molecule has 9 nitrogen and oxygen atoms in total. The Labute approximate surface area is 234 Å². The van der Waals surface area contributed by atoms with Crippen molar-refractivity contribution < 1.29 is 22.7 Å². The molecule has 0 spiro atoms. The molecule has 12 heteroatoms. The van der Waals surface area contributed by atoms with Gasteiger partial charge in [-0.1, -0.05) is 11.3 Å². The zero-order valence-corrected chi connectivity index (χ0v) is 22.7. The zero-order valence-electron chi connectivity index (χ0n) is 22.7. The van der Waals surface area contributed by atoms with Gasteiger partial charge in [0.15, 0.2) is 0 Å². The summed E-state index contributed by atoms with van der Waals surface area (Å²) in [5.41, 5.74) is 2.73. The Morgan fingerprint density at radius 3 is 2.61 bits per heavy atom. The smallest absolute Gasteiger partial charge is 0.416 e. The summed E-state index contributed by atoms with van der Waals surface area (Å²) in [6.45, 7) is 3.32. The van der Waals surface area contributed by atoms with Crippen LogP contribution in [0.25, 0.3) is 16.9 Å². The van der Waals surface area contributed by atoms with Gasteiger partial charge < -0.3 is 15.0 Å². The number of likely N-dealkylation sites (N-methyl/N-ethyl adjacent to an activating group) is 1. The number of aryl methyl sites for hydroxylation is 1. The average Bonchev–Trinajstić information content (AvgIpc) is 3.69. The average molecular weight is 564 g/mol. The van der Waals surface area contributed by atoms with Crippen molar-refractivity contribution in [3.63, 3.8) is 0 Å². The lowest BCUT2D eigenvalue weighted by Crippen LogP contribution is -2.44. The Morgan fingerprint density at radius 2 is 1.90 bits per heavy atom. The van der Waals surface area contributed by atoms with Gasteiger partial charge in [-0.3, -0.25) is 14.7 Å². The van der Waals surface area contributed by atoms with Gasteiger partial charge in [0, 0.05) is 53.9 Å². The third kappa shape index (κ3) is 5.22. The number of methoxy groups -OCH3 is 1. The number of aromatic nitrogens is 4. The molecule has 2 atom stereocenters. The number of anilines is 2. The molecule has 2 aliphatic rings. The molecule has 2 aromatic heterocycles. The molecule has 2 saturated heterocycles. The summed E-state index contributed by atoms with van der Waals surface area (Å²) in [5.74, 6) is 0.0470. The molecule has 41 heavy (non-hydrogen) atoms. The minimum absolute atomic E-state index is 0.0895. The third-order valence-corrected chi connectivity index (χ3v) is 7.81. The van der Waals surface area contributed by atoms with Crippen molar-refractivity contribution in [1.82, 2.24) is 24.9 Å². The predicted octanol–water partition coefficient (Wildman–Crippen LogP) is 4.81. The highest BCUT2D eigenvalue weighted by Crippen LogP contribution is 2.39. The molecule has 4 heterocycles. The first kappa shape index (κ1) is 26.8. The number of carbonyl (C=O) groups excluding carboxylic acids is 1. The van der Waals surface area contributed by atoms with E-state index in [1.807, 2.05) is 18.9 Å². The number of nitrogens with one attached hydrogen (secondary N) is 1. The Bertz CT molecular complexity index is 1620. The fourth-order valence-electron chi connectivity index (χ4n) is 5.58.